The van der Waals surface area contributed by atoms with Gasteiger partial charge in [0.2, 0.25) is 0 Å². The van der Waals surface area contributed by atoms with E-state index in [-0.39, 0.29) is 5.96 Å². The molecule has 0 rings (SSSR count). The maximum absolute atomic E-state index is 9.74. The molecule has 0 saturated heterocycles. The van der Waals surface area contributed by atoms with Crippen LogP contribution in [0.4, 0.5) is 0 Å². The van der Waals surface area contributed by atoms with Crippen LogP contribution in [0.3, 0.4) is 0 Å². The van der Waals surface area contributed by atoms with Crippen LogP contribution >= 0.6 is 0 Å². The van der Waals surface area contributed by atoms with E-state index < -0.39 is 5.03 Å². The van der Waals surface area contributed by atoms with Gasteiger partial charge in [0.1, 0.15) is 10.0 Å². The van der Waals surface area contributed by atoms with Gasteiger partial charge in [-0.2, -0.15) is 0 Å². The van der Waals surface area contributed by atoms with E-state index in [4.69, 9.17) is 10.9 Å². The number of rotatable bonds is 1. The van der Waals surface area contributed by atoms with Crippen molar-refractivity contribution in [3.63, 3.8) is 0 Å². The maximum Gasteiger partial charge on any atom is 0.391 e. The number of hydrogen-bond donors (Lipinski definition) is 2. The summed E-state index contributed by atoms with van der Waals surface area (Å²) < 4.78 is 0. The molecule has 0 atom stereocenters. The summed E-state index contributed by atoms with van der Waals surface area (Å²) in [6.45, 7) is 0. The Morgan fingerprint density at radius 1 is 1.78 bits per heavy atom. The van der Waals surface area contributed by atoms with Gasteiger partial charge in [-0.1, -0.05) is 0 Å². The van der Waals surface area contributed by atoms with Gasteiger partial charge in [-0.05, 0) is 0 Å². The summed E-state index contributed by atoms with van der Waals surface area (Å²) in [5, 5.41) is 10.3. The molecule has 0 aromatic carbocycles. The molecule has 0 amide bonds. The molecular weight excluding hydrogens is 124 g/mol. The Bertz CT molecular complexity index is 141. The Labute approximate surface area is 52.1 Å². The number of hydrogen-bond acceptors (Lipinski definition) is 1. The van der Waals surface area contributed by atoms with E-state index in [1.165, 1.54) is 4.90 Å². The van der Waals surface area contributed by atoms with Gasteiger partial charge < -0.3 is 10.6 Å². The molecule has 0 radical (unpaired) electrons. The number of nitrogens with two attached hydrogens (primary N) is 1. The van der Waals surface area contributed by atoms with Gasteiger partial charge in [-0.3, -0.25) is 0 Å². The Kier molecular flexibility index (Phi) is 2.43. The molecular formula is C3H9N4O2+. The van der Waals surface area contributed by atoms with Crippen molar-refractivity contribution in [1.29, 1.82) is 0 Å². The predicted octanol–water partition coefficient (Wildman–Crippen LogP) is -1.05. The zero-order chi connectivity index (χ0) is 7.44. The Morgan fingerprint density at radius 2 is 2.22 bits per heavy atom. The first-order valence-corrected chi connectivity index (χ1v) is 2.21. The van der Waals surface area contributed by atoms with Crippen molar-refractivity contribution in [2.75, 3.05) is 14.1 Å². The van der Waals surface area contributed by atoms with Crippen molar-refractivity contribution < 1.29 is 10.2 Å². The lowest BCUT2D eigenvalue weighted by Crippen LogP contribution is -2.31. The highest BCUT2D eigenvalue weighted by molar-refractivity contribution is 5.76. The lowest BCUT2D eigenvalue weighted by Gasteiger charge is -2.04. The molecule has 0 aliphatic heterocycles. The number of guanidine groups is 1. The Hall–Kier alpha value is -1.33. The van der Waals surface area contributed by atoms with E-state index in [0.717, 1.165) is 0 Å². The van der Waals surface area contributed by atoms with Crippen LogP contribution in [-0.2, 0) is 0 Å². The predicted molar refractivity (Wildman–Crippen MR) is 30.7 cm³/mol. The second kappa shape index (κ2) is 2.85. The normalized spacial score (nSPS) is 11.1. The molecule has 0 fully saturated rings. The molecule has 0 aliphatic carbocycles. The molecule has 0 unspecified atom stereocenters. The van der Waals surface area contributed by atoms with Crippen molar-refractivity contribution in [1.82, 2.24) is 4.90 Å². The molecule has 52 valence electrons. The van der Waals surface area contributed by atoms with Gasteiger partial charge in [0, 0.05) is 14.1 Å². The van der Waals surface area contributed by atoms with Crippen molar-refractivity contribution >= 4 is 5.96 Å². The van der Waals surface area contributed by atoms with E-state index >= 15 is 0 Å². The number of hydrazone groups is 1. The first-order chi connectivity index (χ1) is 4.04. The van der Waals surface area contributed by atoms with E-state index in [2.05, 4.69) is 5.10 Å². The lowest BCUT2D eigenvalue weighted by atomic mass is 10.8. The summed E-state index contributed by atoms with van der Waals surface area (Å²) in [4.78, 5) is 11.1. The molecule has 0 saturated carbocycles. The highest BCUT2D eigenvalue weighted by atomic mass is 16.7. The SMILES string of the molecule is CN(C)/C(N)=N/[N+](=O)O. The minimum atomic E-state index is -0.588. The van der Waals surface area contributed by atoms with Gasteiger partial charge in [-0.25, -0.2) is 5.21 Å². The lowest BCUT2D eigenvalue weighted by molar-refractivity contribution is -0.796. The monoisotopic (exact) mass is 133 g/mol. The van der Waals surface area contributed by atoms with E-state index in [9.17, 15) is 4.91 Å². The summed E-state index contributed by atoms with van der Waals surface area (Å²) in [6, 6.07) is 0. The first kappa shape index (κ1) is 7.67. The fourth-order valence-corrected chi connectivity index (χ4v) is 0.177. The molecule has 0 aromatic heterocycles. The highest BCUT2D eigenvalue weighted by Crippen LogP contribution is 1.73. The minimum absolute atomic E-state index is 0.0486. The number of nitrogens with zero attached hydrogens (tertiary/aromatic N) is 3. The maximum atomic E-state index is 9.74. The standard InChI is InChI=1S/C3H9N4O2/c1-6(2)3(4)5-7(8)9/h1-2H3,(H2,4,5)(H,8,9)/q+1. The third-order valence-electron chi connectivity index (χ3n) is 0.646. The van der Waals surface area contributed by atoms with E-state index in [1.807, 2.05) is 0 Å². The quantitative estimate of drug-likeness (QED) is 0.271. The molecule has 0 aromatic rings. The zero-order valence-electron chi connectivity index (χ0n) is 5.27. The summed E-state index contributed by atoms with van der Waals surface area (Å²) in [5.74, 6) is -0.0486. The van der Waals surface area contributed by atoms with Gasteiger partial charge in [0.25, 0.3) is 5.96 Å². The second-order valence-electron chi connectivity index (χ2n) is 1.61. The average Bonchev–Trinajstić information content (AvgIpc) is 1.63. The van der Waals surface area contributed by atoms with Crippen molar-refractivity contribution in [2.45, 2.75) is 0 Å². The van der Waals surface area contributed by atoms with Gasteiger partial charge in [0.05, 0.1) is 0 Å². The molecule has 6 nitrogen and oxygen atoms in total. The van der Waals surface area contributed by atoms with E-state index in [0.29, 0.717) is 0 Å². The fraction of sp³-hybridized carbons (Fsp3) is 0.667. The van der Waals surface area contributed by atoms with Crippen LogP contribution in [0.25, 0.3) is 0 Å². The topological polar surface area (TPSA) is 81.9 Å². The Balaban J connectivity index is 4.00. The van der Waals surface area contributed by atoms with Crippen molar-refractivity contribution in [3.8, 4) is 0 Å². The molecule has 0 bridgehead atoms. The average molecular weight is 133 g/mol. The largest absolute Gasteiger partial charge is 0.391 e. The van der Waals surface area contributed by atoms with Gasteiger partial charge in [0.15, 0.2) is 0 Å². The van der Waals surface area contributed by atoms with Gasteiger partial charge >= 0.3 is 5.03 Å². The van der Waals surface area contributed by atoms with Crippen LogP contribution in [-0.4, -0.2) is 35.2 Å². The smallest absolute Gasteiger partial charge is 0.364 e. The molecule has 0 heterocycles. The van der Waals surface area contributed by atoms with Crippen LogP contribution in [0.5, 0.6) is 0 Å². The van der Waals surface area contributed by atoms with Crippen LogP contribution in [0, 0.1) is 4.91 Å². The third kappa shape index (κ3) is 3.27. The summed E-state index contributed by atoms with van der Waals surface area (Å²) in [6.07, 6.45) is 0. The summed E-state index contributed by atoms with van der Waals surface area (Å²) in [7, 11) is 3.20. The van der Waals surface area contributed by atoms with Crippen LogP contribution < -0.4 is 5.73 Å². The summed E-state index contributed by atoms with van der Waals surface area (Å²) >= 11 is 0. The van der Waals surface area contributed by atoms with Gasteiger partial charge in [-0.15, -0.1) is 0 Å². The fourth-order valence-electron chi connectivity index (χ4n) is 0.177. The molecule has 3 N–H and O–H groups in total. The summed E-state index contributed by atoms with van der Waals surface area (Å²) in [5.41, 5.74) is 5.09. The zero-order valence-corrected chi connectivity index (χ0v) is 5.27. The van der Waals surface area contributed by atoms with Crippen LogP contribution in [0.2, 0.25) is 0 Å². The van der Waals surface area contributed by atoms with Crippen LogP contribution in [0.1, 0.15) is 0 Å². The second-order valence-corrected chi connectivity index (χ2v) is 1.61. The first-order valence-electron chi connectivity index (χ1n) is 2.21. The third-order valence-corrected chi connectivity index (χ3v) is 0.646. The van der Waals surface area contributed by atoms with Crippen molar-refractivity contribution in [3.05, 3.63) is 4.91 Å². The van der Waals surface area contributed by atoms with Crippen molar-refractivity contribution in [2.24, 2.45) is 10.8 Å². The molecule has 0 spiro atoms. The molecule has 0 aliphatic rings. The molecule has 6 heteroatoms. The Morgan fingerprint density at radius 3 is 2.33 bits per heavy atom. The van der Waals surface area contributed by atoms with Crippen LogP contribution in [0.15, 0.2) is 5.10 Å². The minimum Gasteiger partial charge on any atom is -0.364 e. The van der Waals surface area contributed by atoms with E-state index in [1.54, 1.807) is 14.1 Å². The highest BCUT2D eigenvalue weighted by Gasteiger charge is 2.03. The molecule has 9 heavy (non-hydrogen) atoms.